The zero-order chi connectivity index (χ0) is 11.8. The van der Waals surface area contributed by atoms with E-state index in [2.05, 4.69) is 11.1 Å². The Morgan fingerprint density at radius 2 is 1.88 bits per heavy atom. The molecule has 1 aromatic heterocycles. The van der Waals surface area contributed by atoms with E-state index in [1.165, 1.54) is 0 Å². The van der Waals surface area contributed by atoms with Crippen LogP contribution in [0.3, 0.4) is 0 Å². The third-order valence-electron chi connectivity index (χ3n) is 3.13. The molecule has 0 fully saturated rings. The second-order valence-corrected chi connectivity index (χ2v) is 4.18. The average Bonchev–Trinajstić information content (AvgIpc) is 2.37. The number of hydrogen-bond acceptors (Lipinski definition) is 2. The lowest BCUT2D eigenvalue weighted by Gasteiger charge is -2.06. The predicted octanol–water partition coefficient (Wildman–Crippen LogP) is 3.66. The molecule has 2 aromatic carbocycles. The first-order valence-corrected chi connectivity index (χ1v) is 5.80. The summed E-state index contributed by atoms with van der Waals surface area (Å²) in [7, 11) is 0. The van der Waals surface area contributed by atoms with Gasteiger partial charge < -0.3 is 5.11 Å². The Bertz CT molecular complexity index is 704. The molecule has 0 amide bonds. The van der Waals surface area contributed by atoms with Crippen LogP contribution < -0.4 is 0 Å². The van der Waals surface area contributed by atoms with E-state index < -0.39 is 0 Å². The largest absolute Gasteiger partial charge is 0.505 e. The van der Waals surface area contributed by atoms with E-state index in [-0.39, 0.29) is 0 Å². The van der Waals surface area contributed by atoms with Crippen molar-refractivity contribution in [3.05, 3.63) is 48.0 Å². The second-order valence-electron chi connectivity index (χ2n) is 4.18. The van der Waals surface area contributed by atoms with E-state index in [4.69, 9.17) is 0 Å². The van der Waals surface area contributed by atoms with Gasteiger partial charge in [0.15, 0.2) is 0 Å². The lowest BCUT2D eigenvalue weighted by atomic mass is 10.1. The molecular formula is C15H13NO. The number of pyridine rings is 1. The minimum absolute atomic E-state index is 0.316. The third kappa shape index (κ3) is 1.53. The Hall–Kier alpha value is -2.09. The molecular weight excluding hydrogens is 210 g/mol. The topological polar surface area (TPSA) is 33.1 Å². The maximum absolute atomic E-state index is 10.1. The fraction of sp³-hybridized carbons (Fsp3) is 0.133. The number of para-hydroxylation sites is 1. The normalized spacial score (nSPS) is 11.1. The van der Waals surface area contributed by atoms with Crippen molar-refractivity contribution in [1.82, 2.24) is 4.98 Å². The molecule has 84 valence electrons. The number of aromatic hydroxyl groups is 1. The average molecular weight is 223 g/mol. The van der Waals surface area contributed by atoms with Crippen molar-refractivity contribution in [3.63, 3.8) is 0 Å². The van der Waals surface area contributed by atoms with E-state index in [9.17, 15) is 5.11 Å². The lowest BCUT2D eigenvalue weighted by molar-refractivity contribution is 0.474. The van der Waals surface area contributed by atoms with Gasteiger partial charge in [-0.2, -0.15) is 0 Å². The second kappa shape index (κ2) is 3.74. The van der Waals surface area contributed by atoms with Gasteiger partial charge in [-0.1, -0.05) is 37.3 Å². The Balaban J connectivity index is 2.44. The monoisotopic (exact) mass is 223 g/mol. The van der Waals surface area contributed by atoms with Gasteiger partial charge in [0, 0.05) is 10.8 Å². The number of aryl methyl sites for hydroxylation is 1. The molecule has 3 rings (SSSR count). The molecule has 1 N–H and O–H groups in total. The van der Waals surface area contributed by atoms with Gasteiger partial charge in [0.1, 0.15) is 11.3 Å². The number of benzene rings is 2. The van der Waals surface area contributed by atoms with Gasteiger partial charge in [-0.3, -0.25) is 0 Å². The molecule has 0 saturated heterocycles. The highest BCUT2D eigenvalue weighted by atomic mass is 16.3. The van der Waals surface area contributed by atoms with Crippen molar-refractivity contribution >= 4 is 21.8 Å². The van der Waals surface area contributed by atoms with Crippen LogP contribution in [0.1, 0.15) is 12.5 Å². The van der Waals surface area contributed by atoms with Crippen LogP contribution in [0.25, 0.3) is 21.8 Å². The highest BCUT2D eigenvalue weighted by Gasteiger charge is 2.07. The van der Waals surface area contributed by atoms with E-state index in [1.807, 2.05) is 43.3 Å². The summed E-state index contributed by atoms with van der Waals surface area (Å²) in [5.74, 6) is 0.316. The summed E-state index contributed by atoms with van der Waals surface area (Å²) in [6, 6.07) is 14.0. The summed E-state index contributed by atoms with van der Waals surface area (Å²) < 4.78 is 0. The molecule has 0 unspecified atom stereocenters. The maximum atomic E-state index is 10.1. The number of nitrogens with zero attached hydrogens (tertiary/aromatic N) is 1. The molecule has 2 nitrogen and oxygen atoms in total. The molecule has 0 aliphatic carbocycles. The molecule has 3 aromatic rings. The fourth-order valence-electron chi connectivity index (χ4n) is 2.16. The van der Waals surface area contributed by atoms with Crippen molar-refractivity contribution in [2.24, 2.45) is 0 Å². The highest BCUT2D eigenvalue weighted by Crippen LogP contribution is 2.29. The number of aromatic nitrogens is 1. The van der Waals surface area contributed by atoms with Crippen LogP contribution in [0.15, 0.2) is 42.5 Å². The summed E-state index contributed by atoms with van der Waals surface area (Å²) in [5.41, 5.74) is 2.56. The van der Waals surface area contributed by atoms with E-state index in [0.29, 0.717) is 11.3 Å². The first-order chi connectivity index (χ1) is 8.29. The number of phenols is 1. The number of hydrogen-bond donors (Lipinski definition) is 1. The highest BCUT2D eigenvalue weighted by molar-refractivity contribution is 5.95. The van der Waals surface area contributed by atoms with Gasteiger partial charge >= 0.3 is 0 Å². The SMILES string of the molecule is CCc1ccc2cc3ccccc3nc2c1O. The molecule has 0 saturated carbocycles. The Morgan fingerprint density at radius 1 is 1.06 bits per heavy atom. The van der Waals surface area contributed by atoms with E-state index >= 15 is 0 Å². The Labute approximate surface area is 99.5 Å². The predicted molar refractivity (Wildman–Crippen MR) is 70.3 cm³/mol. The molecule has 0 aliphatic rings. The number of fused-ring (bicyclic) bond motifs is 2. The van der Waals surface area contributed by atoms with Crippen LogP contribution >= 0.6 is 0 Å². The van der Waals surface area contributed by atoms with Crippen molar-refractivity contribution in [3.8, 4) is 5.75 Å². The number of rotatable bonds is 1. The Kier molecular flexibility index (Phi) is 2.22. The molecule has 0 bridgehead atoms. The third-order valence-corrected chi connectivity index (χ3v) is 3.13. The zero-order valence-corrected chi connectivity index (χ0v) is 9.64. The quantitative estimate of drug-likeness (QED) is 0.639. The summed E-state index contributed by atoms with van der Waals surface area (Å²) in [4.78, 5) is 4.54. The Morgan fingerprint density at radius 3 is 2.71 bits per heavy atom. The lowest BCUT2D eigenvalue weighted by Crippen LogP contribution is -1.87. The molecule has 17 heavy (non-hydrogen) atoms. The van der Waals surface area contributed by atoms with Gasteiger partial charge in [-0.15, -0.1) is 0 Å². The standard InChI is InChI=1S/C15H13NO/c1-2-10-7-8-12-9-11-5-3-4-6-13(11)16-14(12)15(10)17/h3-9,17H,2H2,1H3. The van der Waals surface area contributed by atoms with Crippen molar-refractivity contribution in [2.75, 3.05) is 0 Å². The summed E-state index contributed by atoms with van der Waals surface area (Å²) in [6.07, 6.45) is 0.816. The summed E-state index contributed by atoms with van der Waals surface area (Å²) >= 11 is 0. The van der Waals surface area contributed by atoms with Gasteiger partial charge in [-0.05, 0) is 24.1 Å². The van der Waals surface area contributed by atoms with Crippen LogP contribution in [0.5, 0.6) is 5.75 Å². The van der Waals surface area contributed by atoms with Gasteiger partial charge in [0.25, 0.3) is 0 Å². The van der Waals surface area contributed by atoms with Crippen molar-refractivity contribution in [2.45, 2.75) is 13.3 Å². The van der Waals surface area contributed by atoms with Crippen molar-refractivity contribution in [1.29, 1.82) is 0 Å². The maximum Gasteiger partial charge on any atom is 0.144 e. The smallest absolute Gasteiger partial charge is 0.144 e. The molecule has 0 spiro atoms. The minimum atomic E-state index is 0.316. The van der Waals surface area contributed by atoms with Crippen LogP contribution in [0.2, 0.25) is 0 Å². The molecule has 0 aliphatic heterocycles. The van der Waals surface area contributed by atoms with Crippen LogP contribution in [0, 0.1) is 0 Å². The molecule has 1 heterocycles. The molecule has 2 heteroatoms. The summed E-state index contributed by atoms with van der Waals surface area (Å²) in [5, 5.41) is 12.2. The van der Waals surface area contributed by atoms with Crippen molar-refractivity contribution < 1.29 is 5.11 Å². The molecule has 0 atom stereocenters. The van der Waals surface area contributed by atoms with Gasteiger partial charge in [-0.25, -0.2) is 4.98 Å². The molecule has 0 radical (unpaired) electrons. The van der Waals surface area contributed by atoms with E-state index in [0.717, 1.165) is 28.3 Å². The fourth-order valence-corrected chi connectivity index (χ4v) is 2.16. The van der Waals surface area contributed by atoms with E-state index in [1.54, 1.807) is 0 Å². The van der Waals surface area contributed by atoms with Gasteiger partial charge in [0.2, 0.25) is 0 Å². The number of phenolic OH excluding ortho intramolecular Hbond substituents is 1. The van der Waals surface area contributed by atoms with Crippen LogP contribution in [0.4, 0.5) is 0 Å². The first-order valence-electron chi connectivity index (χ1n) is 5.80. The summed E-state index contributed by atoms with van der Waals surface area (Å²) in [6.45, 7) is 2.03. The van der Waals surface area contributed by atoms with Crippen LogP contribution in [-0.4, -0.2) is 10.1 Å². The zero-order valence-electron chi connectivity index (χ0n) is 9.64. The minimum Gasteiger partial charge on any atom is -0.505 e. The van der Waals surface area contributed by atoms with Gasteiger partial charge in [0.05, 0.1) is 5.52 Å². The van der Waals surface area contributed by atoms with Crippen LogP contribution in [-0.2, 0) is 6.42 Å². The first kappa shape index (κ1) is 10.1.